The van der Waals surface area contributed by atoms with Crippen molar-refractivity contribution in [2.75, 3.05) is 16.8 Å². The normalized spacial score (nSPS) is 22.1. The number of piperidine rings is 1. The highest BCUT2D eigenvalue weighted by Gasteiger charge is 2.64. The Hall–Kier alpha value is -3.95. The second-order valence-corrected chi connectivity index (χ2v) is 8.62. The van der Waals surface area contributed by atoms with Gasteiger partial charge in [-0.05, 0) is 50.8 Å². The monoisotopic (exact) mass is 463 g/mol. The SMILES string of the molecule is C=C(/C(F)=C\C=C(/C)F)[C@@]12C[C@@H]1CCN2c1ccn2ncc(NC(=O)c3cnc(C)cn3)c2n1. The van der Waals surface area contributed by atoms with Gasteiger partial charge in [-0.25, -0.2) is 23.3 Å². The maximum absolute atomic E-state index is 14.8. The van der Waals surface area contributed by atoms with Crippen LogP contribution in [0.4, 0.5) is 20.3 Å². The van der Waals surface area contributed by atoms with E-state index in [0.29, 0.717) is 35.0 Å². The highest BCUT2D eigenvalue weighted by Crippen LogP contribution is 2.61. The molecule has 1 N–H and O–H groups in total. The summed E-state index contributed by atoms with van der Waals surface area (Å²) in [7, 11) is 0. The summed E-state index contributed by atoms with van der Waals surface area (Å²) < 4.78 is 29.4. The molecule has 1 saturated carbocycles. The van der Waals surface area contributed by atoms with Gasteiger partial charge in [0, 0.05) is 24.5 Å². The molecule has 4 heterocycles. The highest BCUT2D eigenvalue weighted by atomic mass is 19.1. The molecule has 2 fully saturated rings. The first-order valence-corrected chi connectivity index (χ1v) is 10.9. The lowest BCUT2D eigenvalue weighted by Crippen LogP contribution is -2.37. The molecule has 0 spiro atoms. The largest absolute Gasteiger partial charge is 0.346 e. The molecule has 0 aromatic carbocycles. The second kappa shape index (κ2) is 8.12. The summed E-state index contributed by atoms with van der Waals surface area (Å²) in [5.74, 6) is -0.549. The number of aryl methyl sites for hydroxylation is 1. The van der Waals surface area contributed by atoms with E-state index < -0.39 is 23.1 Å². The number of anilines is 2. The first kappa shape index (κ1) is 21.9. The standard InChI is InChI=1S/C24H23F2N7O/c1-14(25)4-5-18(26)16(3)24-10-17(24)6-8-32(24)21-7-9-33-22(31-21)19(13-29-33)30-23(34)20-12-27-15(2)11-28-20/h4-5,7,9,11-13,17H,3,6,8,10H2,1-2H3,(H,30,34)/b14-4+,18-5+/t17-,24-/m0/s1. The number of aromatic nitrogens is 5. The van der Waals surface area contributed by atoms with E-state index in [4.69, 9.17) is 4.98 Å². The van der Waals surface area contributed by atoms with Crippen LogP contribution in [-0.2, 0) is 0 Å². The maximum atomic E-state index is 14.8. The van der Waals surface area contributed by atoms with E-state index in [1.165, 1.54) is 25.5 Å². The summed E-state index contributed by atoms with van der Waals surface area (Å²) in [4.78, 5) is 27.6. The van der Waals surface area contributed by atoms with Gasteiger partial charge in [-0.15, -0.1) is 0 Å². The lowest BCUT2D eigenvalue weighted by molar-refractivity contribution is 0.102. The average molecular weight is 463 g/mol. The molecule has 2 aliphatic rings. The summed E-state index contributed by atoms with van der Waals surface area (Å²) in [6.45, 7) is 7.74. The van der Waals surface area contributed by atoms with Crippen molar-refractivity contribution in [3.8, 4) is 0 Å². The minimum atomic E-state index is -0.578. The zero-order chi connectivity index (χ0) is 24.0. The summed E-state index contributed by atoms with van der Waals surface area (Å²) >= 11 is 0. The van der Waals surface area contributed by atoms with Gasteiger partial charge >= 0.3 is 0 Å². The van der Waals surface area contributed by atoms with Gasteiger partial charge in [0.25, 0.3) is 5.91 Å². The zero-order valence-corrected chi connectivity index (χ0v) is 18.8. The smallest absolute Gasteiger partial charge is 0.276 e. The first-order valence-electron chi connectivity index (χ1n) is 10.9. The van der Waals surface area contributed by atoms with E-state index >= 15 is 0 Å². The molecule has 2 atom stereocenters. The number of carbonyl (C=O) groups excluding carboxylic acids is 1. The van der Waals surface area contributed by atoms with Gasteiger partial charge in [0.1, 0.15) is 23.0 Å². The van der Waals surface area contributed by atoms with Crippen molar-refractivity contribution in [2.24, 2.45) is 5.92 Å². The Morgan fingerprint density at radius 2 is 2.09 bits per heavy atom. The molecule has 1 amide bonds. The van der Waals surface area contributed by atoms with Gasteiger partial charge in [-0.1, -0.05) is 6.58 Å². The van der Waals surface area contributed by atoms with E-state index in [1.54, 1.807) is 23.7 Å². The minimum Gasteiger partial charge on any atom is -0.346 e. The van der Waals surface area contributed by atoms with Crippen molar-refractivity contribution < 1.29 is 13.6 Å². The number of hydrogen-bond acceptors (Lipinski definition) is 6. The zero-order valence-electron chi connectivity index (χ0n) is 18.8. The van der Waals surface area contributed by atoms with Gasteiger partial charge in [0.15, 0.2) is 5.65 Å². The maximum Gasteiger partial charge on any atom is 0.276 e. The molecule has 0 bridgehead atoms. The Labute approximate surface area is 194 Å². The molecule has 1 aliphatic heterocycles. The molecular formula is C24H23F2N7O. The summed E-state index contributed by atoms with van der Waals surface area (Å²) in [6, 6.07) is 1.81. The van der Waals surface area contributed by atoms with Gasteiger partial charge in [-0.3, -0.25) is 9.78 Å². The molecule has 34 heavy (non-hydrogen) atoms. The van der Waals surface area contributed by atoms with Gasteiger partial charge < -0.3 is 10.2 Å². The van der Waals surface area contributed by atoms with Crippen LogP contribution in [0.25, 0.3) is 5.65 Å². The summed E-state index contributed by atoms with van der Waals surface area (Å²) in [6.07, 6.45) is 10.0. The Kier molecular flexibility index (Phi) is 5.22. The van der Waals surface area contributed by atoms with Crippen LogP contribution in [0.15, 0.2) is 66.8 Å². The predicted molar refractivity (Wildman–Crippen MR) is 124 cm³/mol. The van der Waals surface area contributed by atoms with Crippen LogP contribution in [0.3, 0.4) is 0 Å². The Morgan fingerprint density at radius 1 is 1.26 bits per heavy atom. The molecule has 0 unspecified atom stereocenters. The Morgan fingerprint density at radius 3 is 2.79 bits per heavy atom. The fraction of sp³-hybridized carbons (Fsp3) is 0.292. The highest BCUT2D eigenvalue weighted by molar-refractivity contribution is 6.04. The van der Waals surface area contributed by atoms with Gasteiger partial charge in [0.05, 0.1) is 29.5 Å². The number of amides is 1. The molecule has 0 radical (unpaired) electrons. The minimum absolute atomic E-state index is 0.177. The van der Waals surface area contributed by atoms with Crippen molar-refractivity contribution in [3.05, 3.63) is 78.2 Å². The number of rotatable bonds is 6. The number of nitrogens with zero attached hydrogens (tertiary/aromatic N) is 6. The average Bonchev–Trinajstić information content (AvgIpc) is 3.23. The van der Waals surface area contributed by atoms with Crippen LogP contribution in [0, 0.1) is 12.8 Å². The van der Waals surface area contributed by atoms with Crippen LogP contribution in [0.2, 0.25) is 0 Å². The fourth-order valence-corrected chi connectivity index (χ4v) is 4.61. The number of hydrogen-bond donors (Lipinski definition) is 1. The van der Waals surface area contributed by atoms with E-state index in [0.717, 1.165) is 25.0 Å². The number of allylic oxidation sites excluding steroid dienone is 3. The number of halogens is 2. The number of carbonyl (C=O) groups is 1. The molecule has 5 rings (SSSR count). The fourth-order valence-electron chi connectivity index (χ4n) is 4.61. The van der Waals surface area contributed by atoms with Crippen LogP contribution in [0.5, 0.6) is 0 Å². The third kappa shape index (κ3) is 3.64. The van der Waals surface area contributed by atoms with Crippen molar-refractivity contribution >= 4 is 23.1 Å². The van der Waals surface area contributed by atoms with E-state index in [9.17, 15) is 13.6 Å². The van der Waals surface area contributed by atoms with Crippen molar-refractivity contribution in [2.45, 2.75) is 32.2 Å². The van der Waals surface area contributed by atoms with Crippen LogP contribution >= 0.6 is 0 Å². The lowest BCUT2D eigenvalue weighted by atomic mass is 10.0. The molecule has 3 aromatic rings. The van der Waals surface area contributed by atoms with Gasteiger partial charge in [0.2, 0.25) is 0 Å². The Balaban J connectivity index is 1.44. The number of fused-ring (bicyclic) bond motifs is 2. The van der Waals surface area contributed by atoms with E-state index in [-0.39, 0.29) is 11.6 Å². The second-order valence-electron chi connectivity index (χ2n) is 8.62. The van der Waals surface area contributed by atoms with E-state index in [1.807, 2.05) is 4.90 Å². The topological polar surface area (TPSA) is 88.3 Å². The molecule has 174 valence electrons. The quantitative estimate of drug-likeness (QED) is 0.548. The van der Waals surface area contributed by atoms with Crippen LogP contribution in [0.1, 0.15) is 35.9 Å². The molecule has 1 saturated heterocycles. The van der Waals surface area contributed by atoms with Crippen LogP contribution < -0.4 is 10.2 Å². The molecule has 8 nitrogen and oxygen atoms in total. The third-order valence-corrected chi connectivity index (χ3v) is 6.42. The third-order valence-electron chi connectivity index (χ3n) is 6.42. The van der Waals surface area contributed by atoms with E-state index in [2.05, 4.69) is 27.0 Å². The Bertz CT molecular complexity index is 1360. The molecule has 10 heteroatoms. The predicted octanol–water partition coefficient (Wildman–Crippen LogP) is 4.33. The summed E-state index contributed by atoms with van der Waals surface area (Å²) in [5.41, 5.74) is 1.50. The lowest BCUT2D eigenvalue weighted by Gasteiger charge is -2.30. The molecule has 1 aliphatic carbocycles. The number of nitrogens with one attached hydrogen (secondary N) is 1. The van der Waals surface area contributed by atoms with Crippen molar-refractivity contribution in [1.29, 1.82) is 0 Å². The van der Waals surface area contributed by atoms with Crippen LogP contribution in [-0.4, -0.2) is 42.6 Å². The van der Waals surface area contributed by atoms with Crippen molar-refractivity contribution in [3.63, 3.8) is 0 Å². The first-order chi connectivity index (χ1) is 16.3. The molecule has 3 aromatic heterocycles. The summed E-state index contributed by atoms with van der Waals surface area (Å²) in [5, 5.41) is 7.04. The van der Waals surface area contributed by atoms with Crippen molar-refractivity contribution in [1.82, 2.24) is 24.6 Å². The molecular weight excluding hydrogens is 440 g/mol. The van der Waals surface area contributed by atoms with Gasteiger partial charge in [-0.2, -0.15) is 5.10 Å².